The molecule has 1 aliphatic carbocycles. The standard InChI is InChI=1S/C54H38F4N2/c1-33-22-26-38(27-23-33)60(47-21-11-15-35-13-5-7-17-41(35)47)53-51(57)49(55)48(50(56)52(53)58)36-24-28-37(29-25-36)59(46-20-10-14-34-12-4-6-16-40(34)46)39-30-31-43-42-18-8-9-19-44(42)54(2,3)45(43)32-39/h4-32H,1-3H3. The predicted octanol–water partition coefficient (Wildman–Crippen LogP) is 15.8. The van der Waals surface area contributed by atoms with Gasteiger partial charge in [-0.15, -0.1) is 0 Å². The molecule has 60 heavy (non-hydrogen) atoms. The predicted molar refractivity (Wildman–Crippen MR) is 238 cm³/mol. The third-order valence-electron chi connectivity index (χ3n) is 12.0. The summed E-state index contributed by atoms with van der Waals surface area (Å²) in [5.74, 6) is -5.97. The molecule has 0 bridgehead atoms. The zero-order chi connectivity index (χ0) is 41.3. The van der Waals surface area contributed by atoms with Crippen LogP contribution in [0.25, 0.3) is 43.8 Å². The van der Waals surface area contributed by atoms with Crippen molar-refractivity contribution in [1.29, 1.82) is 0 Å². The minimum atomic E-state index is -1.50. The molecule has 0 spiro atoms. The van der Waals surface area contributed by atoms with E-state index in [1.54, 1.807) is 48.5 Å². The molecule has 2 nitrogen and oxygen atoms in total. The number of nitrogens with zero attached hydrogens (tertiary/aromatic N) is 2. The number of fused-ring (bicyclic) bond motifs is 5. The second kappa shape index (κ2) is 14.3. The van der Waals surface area contributed by atoms with E-state index in [2.05, 4.69) is 79.4 Å². The van der Waals surface area contributed by atoms with Crippen LogP contribution in [-0.4, -0.2) is 0 Å². The molecule has 6 heteroatoms. The fraction of sp³-hybridized carbons (Fsp3) is 0.0741. The Labute approximate surface area is 346 Å². The summed E-state index contributed by atoms with van der Waals surface area (Å²) >= 11 is 0. The Hall–Kier alpha value is -7.18. The van der Waals surface area contributed by atoms with Gasteiger partial charge in [0, 0.05) is 33.2 Å². The van der Waals surface area contributed by atoms with Crippen LogP contribution in [-0.2, 0) is 5.41 Å². The van der Waals surface area contributed by atoms with Crippen LogP contribution < -0.4 is 9.80 Å². The molecule has 0 unspecified atom stereocenters. The van der Waals surface area contributed by atoms with Gasteiger partial charge >= 0.3 is 0 Å². The van der Waals surface area contributed by atoms with Crippen molar-refractivity contribution in [3.8, 4) is 22.3 Å². The lowest BCUT2D eigenvalue weighted by Gasteiger charge is -2.29. The highest BCUT2D eigenvalue weighted by Crippen LogP contribution is 2.51. The molecule has 0 heterocycles. The zero-order valence-electron chi connectivity index (χ0n) is 33.1. The van der Waals surface area contributed by atoms with E-state index < -0.39 is 34.5 Å². The van der Waals surface area contributed by atoms with Crippen LogP contribution in [0.3, 0.4) is 0 Å². The molecule has 0 aromatic heterocycles. The smallest absolute Gasteiger partial charge is 0.186 e. The molecule has 0 aliphatic heterocycles. The number of hydrogen-bond donors (Lipinski definition) is 0. The van der Waals surface area contributed by atoms with Crippen LogP contribution in [0.5, 0.6) is 0 Å². The summed E-state index contributed by atoms with van der Waals surface area (Å²) in [5.41, 5.74) is 7.06. The molecule has 0 radical (unpaired) electrons. The summed E-state index contributed by atoms with van der Waals surface area (Å²) in [6, 6.07) is 55.2. The molecule has 10 rings (SSSR count). The number of halogens is 4. The van der Waals surface area contributed by atoms with Gasteiger partial charge in [-0.3, -0.25) is 0 Å². The monoisotopic (exact) mass is 790 g/mol. The van der Waals surface area contributed by atoms with Gasteiger partial charge in [-0.2, -0.15) is 0 Å². The molecular weight excluding hydrogens is 753 g/mol. The van der Waals surface area contributed by atoms with Crippen molar-refractivity contribution in [3.05, 3.63) is 216 Å². The average molecular weight is 791 g/mol. The average Bonchev–Trinajstić information content (AvgIpc) is 3.51. The minimum Gasteiger partial charge on any atom is -0.310 e. The molecule has 0 atom stereocenters. The quantitative estimate of drug-likeness (QED) is 0.117. The maximum absolute atomic E-state index is 16.7. The number of aryl methyl sites for hydroxylation is 1. The Morgan fingerprint density at radius 3 is 1.53 bits per heavy atom. The first-order chi connectivity index (χ1) is 29.1. The highest BCUT2D eigenvalue weighted by molar-refractivity contribution is 6.01. The number of benzene rings is 9. The second-order valence-electron chi connectivity index (χ2n) is 15.9. The Morgan fingerprint density at radius 2 is 0.900 bits per heavy atom. The maximum atomic E-state index is 16.7. The molecule has 292 valence electrons. The Morgan fingerprint density at radius 1 is 0.417 bits per heavy atom. The summed E-state index contributed by atoms with van der Waals surface area (Å²) in [4.78, 5) is 3.37. The van der Waals surface area contributed by atoms with E-state index in [1.807, 2.05) is 61.5 Å². The minimum absolute atomic E-state index is 0.00597. The van der Waals surface area contributed by atoms with Gasteiger partial charge in [0.25, 0.3) is 0 Å². The van der Waals surface area contributed by atoms with Gasteiger partial charge in [-0.05, 0) is 94.0 Å². The molecule has 9 aromatic carbocycles. The molecule has 1 aliphatic rings. The normalized spacial score (nSPS) is 12.7. The Kier molecular flexibility index (Phi) is 8.83. The van der Waals surface area contributed by atoms with Crippen LogP contribution in [0, 0.1) is 30.2 Å². The van der Waals surface area contributed by atoms with E-state index in [0.717, 1.165) is 33.1 Å². The molecule has 0 amide bonds. The van der Waals surface area contributed by atoms with Gasteiger partial charge in [0.15, 0.2) is 23.3 Å². The van der Waals surface area contributed by atoms with E-state index in [1.165, 1.54) is 39.3 Å². The fourth-order valence-electron chi connectivity index (χ4n) is 8.99. The largest absolute Gasteiger partial charge is 0.310 e. The topological polar surface area (TPSA) is 6.48 Å². The number of hydrogen-bond acceptors (Lipinski definition) is 2. The first kappa shape index (κ1) is 37.1. The van der Waals surface area contributed by atoms with Gasteiger partial charge in [0.1, 0.15) is 5.69 Å². The SMILES string of the molecule is Cc1ccc(N(c2c(F)c(F)c(-c3ccc(N(c4ccc5c(c4)C(C)(C)c4ccccc4-5)c4cccc5ccccc45)cc3)c(F)c2F)c2cccc3ccccc23)cc1. The van der Waals surface area contributed by atoms with Crippen molar-refractivity contribution < 1.29 is 17.6 Å². The molecule has 0 saturated heterocycles. The van der Waals surface area contributed by atoms with E-state index in [0.29, 0.717) is 22.4 Å². The summed E-state index contributed by atoms with van der Waals surface area (Å²) in [6.07, 6.45) is 0. The van der Waals surface area contributed by atoms with Crippen LogP contribution in [0.2, 0.25) is 0 Å². The van der Waals surface area contributed by atoms with Crippen molar-refractivity contribution in [3.63, 3.8) is 0 Å². The molecule has 9 aromatic rings. The van der Waals surface area contributed by atoms with Crippen molar-refractivity contribution in [1.82, 2.24) is 0 Å². The number of rotatable bonds is 7. The van der Waals surface area contributed by atoms with Gasteiger partial charge in [0.05, 0.1) is 16.9 Å². The summed E-state index contributed by atoms with van der Waals surface area (Å²) in [7, 11) is 0. The highest BCUT2D eigenvalue weighted by atomic mass is 19.2. The molecular formula is C54H38F4N2. The van der Waals surface area contributed by atoms with Crippen molar-refractivity contribution in [2.24, 2.45) is 0 Å². The van der Waals surface area contributed by atoms with E-state index in [4.69, 9.17) is 0 Å². The maximum Gasteiger partial charge on any atom is 0.186 e. The molecule has 0 saturated carbocycles. The van der Waals surface area contributed by atoms with Gasteiger partial charge in [-0.1, -0.05) is 147 Å². The lowest BCUT2D eigenvalue weighted by molar-refractivity contribution is 0.461. The Bertz CT molecular complexity index is 3100. The highest BCUT2D eigenvalue weighted by Gasteiger charge is 2.36. The van der Waals surface area contributed by atoms with E-state index in [-0.39, 0.29) is 11.0 Å². The second-order valence-corrected chi connectivity index (χ2v) is 15.9. The summed E-state index contributed by atoms with van der Waals surface area (Å²) in [5, 5.41) is 3.51. The summed E-state index contributed by atoms with van der Waals surface area (Å²) < 4.78 is 66.7. The summed E-state index contributed by atoms with van der Waals surface area (Å²) in [6.45, 7) is 6.35. The molecule has 0 fully saturated rings. The van der Waals surface area contributed by atoms with Gasteiger partial charge in [0.2, 0.25) is 0 Å². The fourth-order valence-corrected chi connectivity index (χ4v) is 8.99. The number of anilines is 6. The van der Waals surface area contributed by atoms with Crippen molar-refractivity contribution >= 4 is 55.7 Å². The van der Waals surface area contributed by atoms with Crippen molar-refractivity contribution in [2.45, 2.75) is 26.2 Å². The first-order valence-electron chi connectivity index (χ1n) is 19.9. The Balaban J connectivity index is 1.11. The third-order valence-corrected chi connectivity index (χ3v) is 12.0. The van der Waals surface area contributed by atoms with Crippen LogP contribution in [0.15, 0.2) is 176 Å². The first-order valence-corrected chi connectivity index (χ1v) is 19.9. The lowest BCUT2D eigenvalue weighted by Crippen LogP contribution is -2.17. The zero-order valence-corrected chi connectivity index (χ0v) is 33.1. The van der Waals surface area contributed by atoms with Crippen LogP contribution >= 0.6 is 0 Å². The van der Waals surface area contributed by atoms with E-state index in [9.17, 15) is 0 Å². The van der Waals surface area contributed by atoms with Gasteiger partial charge in [-0.25, -0.2) is 17.6 Å². The van der Waals surface area contributed by atoms with Crippen molar-refractivity contribution in [2.75, 3.05) is 9.80 Å². The van der Waals surface area contributed by atoms with Gasteiger partial charge < -0.3 is 9.80 Å². The third kappa shape index (κ3) is 5.85. The lowest BCUT2D eigenvalue weighted by atomic mass is 9.82. The van der Waals surface area contributed by atoms with E-state index >= 15 is 17.6 Å². The van der Waals surface area contributed by atoms with Crippen LogP contribution in [0.1, 0.15) is 30.5 Å². The molecule has 0 N–H and O–H groups in total. The van der Waals surface area contributed by atoms with Crippen LogP contribution in [0.4, 0.5) is 51.7 Å².